The van der Waals surface area contributed by atoms with Crippen LogP contribution in [0.5, 0.6) is 0 Å². The summed E-state index contributed by atoms with van der Waals surface area (Å²) in [7, 11) is 1.35. The minimum atomic E-state index is -0.511. The highest BCUT2D eigenvalue weighted by Crippen LogP contribution is 2.30. The van der Waals surface area contributed by atoms with Crippen LogP contribution in [0.25, 0.3) is 10.9 Å². The van der Waals surface area contributed by atoms with Crippen LogP contribution >= 0.6 is 0 Å². The van der Waals surface area contributed by atoms with Gasteiger partial charge in [0.1, 0.15) is 11.1 Å². The highest BCUT2D eigenvalue weighted by molar-refractivity contribution is 6.06. The van der Waals surface area contributed by atoms with Crippen LogP contribution in [0, 0.1) is 0 Å². The number of aryl methyl sites for hydroxylation is 1. The SMILES string of the molecule is CCc1cc2c(N3CCN(C(=O)OC(C)(C)C)CC3)ccc(C(=O)OC)c2nn1. The Morgan fingerprint density at radius 2 is 1.79 bits per heavy atom. The van der Waals surface area contributed by atoms with Gasteiger partial charge < -0.3 is 19.3 Å². The number of ether oxygens (including phenoxy) is 2. The van der Waals surface area contributed by atoms with E-state index in [4.69, 9.17) is 9.47 Å². The minimum absolute atomic E-state index is 0.290. The summed E-state index contributed by atoms with van der Waals surface area (Å²) in [4.78, 5) is 28.4. The molecule has 1 aromatic heterocycles. The molecule has 0 saturated carbocycles. The fourth-order valence-corrected chi connectivity index (χ4v) is 3.34. The van der Waals surface area contributed by atoms with Crippen LogP contribution in [0.3, 0.4) is 0 Å². The first-order chi connectivity index (χ1) is 13.7. The molecule has 0 spiro atoms. The van der Waals surface area contributed by atoms with Gasteiger partial charge in [-0.1, -0.05) is 6.92 Å². The van der Waals surface area contributed by atoms with E-state index in [9.17, 15) is 9.59 Å². The Morgan fingerprint density at radius 1 is 1.10 bits per heavy atom. The fraction of sp³-hybridized carbons (Fsp3) is 0.524. The Bertz CT molecular complexity index is 915. The number of anilines is 1. The summed E-state index contributed by atoms with van der Waals surface area (Å²) in [5.74, 6) is -0.435. The lowest BCUT2D eigenvalue weighted by Crippen LogP contribution is -2.50. The van der Waals surface area contributed by atoms with Gasteiger partial charge in [0, 0.05) is 37.3 Å². The van der Waals surface area contributed by atoms with E-state index < -0.39 is 11.6 Å². The summed E-state index contributed by atoms with van der Waals surface area (Å²) >= 11 is 0. The number of rotatable bonds is 3. The zero-order valence-electron chi connectivity index (χ0n) is 17.7. The van der Waals surface area contributed by atoms with Gasteiger partial charge >= 0.3 is 12.1 Å². The number of aromatic nitrogens is 2. The molecule has 0 N–H and O–H groups in total. The van der Waals surface area contributed by atoms with Gasteiger partial charge in [0.15, 0.2) is 0 Å². The van der Waals surface area contributed by atoms with Crippen molar-refractivity contribution < 1.29 is 19.1 Å². The van der Waals surface area contributed by atoms with Crippen LogP contribution in [-0.4, -0.2) is 66.0 Å². The van der Waals surface area contributed by atoms with Gasteiger partial charge in [0.05, 0.1) is 18.4 Å². The molecular weight excluding hydrogens is 372 g/mol. The zero-order valence-corrected chi connectivity index (χ0v) is 17.7. The summed E-state index contributed by atoms with van der Waals surface area (Å²) in [5, 5.41) is 9.38. The van der Waals surface area contributed by atoms with Crippen LogP contribution in [0.1, 0.15) is 43.7 Å². The van der Waals surface area contributed by atoms with Crippen molar-refractivity contribution >= 4 is 28.7 Å². The Hall–Kier alpha value is -2.90. The van der Waals surface area contributed by atoms with Gasteiger partial charge in [0.2, 0.25) is 0 Å². The van der Waals surface area contributed by atoms with Gasteiger partial charge in [-0.15, -0.1) is 5.10 Å². The fourth-order valence-electron chi connectivity index (χ4n) is 3.34. The first-order valence-corrected chi connectivity index (χ1v) is 9.84. The molecule has 1 aromatic carbocycles. The normalized spacial score (nSPS) is 14.8. The largest absolute Gasteiger partial charge is 0.465 e. The van der Waals surface area contributed by atoms with Crippen LogP contribution in [0.4, 0.5) is 10.5 Å². The summed E-state index contributed by atoms with van der Waals surface area (Å²) in [5.41, 5.74) is 2.24. The smallest absolute Gasteiger partial charge is 0.410 e. The molecule has 1 saturated heterocycles. The third-order valence-electron chi connectivity index (χ3n) is 4.82. The number of nitrogens with zero attached hydrogens (tertiary/aromatic N) is 4. The molecule has 0 aliphatic carbocycles. The number of carbonyl (C=O) groups excluding carboxylic acids is 2. The zero-order chi connectivity index (χ0) is 21.2. The molecule has 3 rings (SSSR count). The maximum atomic E-state index is 12.3. The van der Waals surface area contributed by atoms with Crippen LogP contribution in [0.15, 0.2) is 18.2 Å². The summed E-state index contributed by atoms with van der Waals surface area (Å²) in [6.45, 7) is 10.1. The predicted molar refractivity (Wildman–Crippen MR) is 110 cm³/mol. The van der Waals surface area contributed by atoms with E-state index in [0.29, 0.717) is 37.3 Å². The third-order valence-corrected chi connectivity index (χ3v) is 4.82. The first-order valence-electron chi connectivity index (χ1n) is 9.84. The maximum Gasteiger partial charge on any atom is 0.410 e. The summed E-state index contributed by atoms with van der Waals surface area (Å²) < 4.78 is 10.4. The van der Waals surface area contributed by atoms with Crippen molar-refractivity contribution in [1.82, 2.24) is 15.1 Å². The van der Waals surface area contributed by atoms with Crippen molar-refractivity contribution in [2.75, 3.05) is 38.2 Å². The van der Waals surface area contributed by atoms with Crippen molar-refractivity contribution in [2.45, 2.75) is 39.7 Å². The van der Waals surface area contributed by atoms with Gasteiger partial charge in [0.25, 0.3) is 0 Å². The molecule has 0 bridgehead atoms. The number of fused-ring (bicyclic) bond motifs is 1. The Morgan fingerprint density at radius 3 is 2.38 bits per heavy atom. The quantitative estimate of drug-likeness (QED) is 0.732. The number of piperazine rings is 1. The number of carbonyl (C=O) groups is 2. The number of hydrogen-bond donors (Lipinski definition) is 0. The summed E-state index contributed by atoms with van der Waals surface area (Å²) in [6.07, 6.45) is 0.458. The minimum Gasteiger partial charge on any atom is -0.465 e. The third kappa shape index (κ3) is 4.58. The van der Waals surface area contributed by atoms with Gasteiger partial charge in [-0.25, -0.2) is 9.59 Å². The molecule has 0 radical (unpaired) electrons. The molecule has 29 heavy (non-hydrogen) atoms. The molecule has 8 heteroatoms. The van der Waals surface area contributed by atoms with Gasteiger partial charge in [-0.3, -0.25) is 0 Å². The molecule has 2 heterocycles. The monoisotopic (exact) mass is 400 g/mol. The van der Waals surface area contributed by atoms with Crippen LogP contribution in [0.2, 0.25) is 0 Å². The van der Waals surface area contributed by atoms with Gasteiger partial charge in [-0.2, -0.15) is 5.10 Å². The highest BCUT2D eigenvalue weighted by Gasteiger charge is 2.27. The molecular formula is C21H28N4O4. The van der Waals surface area contributed by atoms with E-state index in [1.54, 1.807) is 11.0 Å². The molecule has 1 aliphatic heterocycles. The lowest BCUT2D eigenvalue weighted by molar-refractivity contribution is 0.0240. The number of methoxy groups -OCH3 is 1. The van der Waals surface area contributed by atoms with E-state index in [2.05, 4.69) is 15.1 Å². The second-order valence-corrected chi connectivity index (χ2v) is 8.03. The number of amides is 1. The standard InChI is InChI=1S/C21H28N4O4/c1-6-14-13-16-17(8-7-15(19(26)28-5)18(16)23-22-14)24-9-11-25(12-10-24)20(27)29-21(2,3)4/h7-8,13H,6,9-12H2,1-5H3. The van der Waals surface area contributed by atoms with E-state index in [0.717, 1.165) is 23.2 Å². The average Bonchev–Trinajstić information content (AvgIpc) is 2.70. The topological polar surface area (TPSA) is 84.9 Å². The number of benzene rings is 1. The van der Waals surface area contributed by atoms with E-state index in [1.165, 1.54) is 7.11 Å². The van der Waals surface area contributed by atoms with Crippen molar-refractivity contribution in [2.24, 2.45) is 0 Å². The number of hydrogen-bond acceptors (Lipinski definition) is 7. The molecule has 0 atom stereocenters. The van der Waals surface area contributed by atoms with E-state index in [-0.39, 0.29) is 6.09 Å². The Balaban J connectivity index is 1.87. The van der Waals surface area contributed by atoms with Crippen molar-refractivity contribution in [3.05, 3.63) is 29.5 Å². The maximum absolute atomic E-state index is 12.3. The summed E-state index contributed by atoms with van der Waals surface area (Å²) in [6, 6.07) is 5.62. The van der Waals surface area contributed by atoms with Crippen LogP contribution in [-0.2, 0) is 15.9 Å². The highest BCUT2D eigenvalue weighted by atomic mass is 16.6. The molecule has 2 aromatic rings. The first kappa shape index (κ1) is 20.8. The molecule has 1 amide bonds. The average molecular weight is 400 g/mol. The second kappa shape index (κ2) is 8.23. The van der Waals surface area contributed by atoms with Crippen LogP contribution < -0.4 is 4.90 Å². The van der Waals surface area contributed by atoms with Crippen molar-refractivity contribution in [3.63, 3.8) is 0 Å². The second-order valence-electron chi connectivity index (χ2n) is 8.03. The van der Waals surface area contributed by atoms with Gasteiger partial charge in [-0.05, 0) is 45.4 Å². The molecule has 1 aliphatic rings. The Labute approximate surface area is 170 Å². The van der Waals surface area contributed by atoms with Crippen molar-refractivity contribution in [3.8, 4) is 0 Å². The molecule has 8 nitrogen and oxygen atoms in total. The Kier molecular flexibility index (Phi) is 5.91. The molecule has 156 valence electrons. The van der Waals surface area contributed by atoms with E-state index in [1.807, 2.05) is 39.8 Å². The molecule has 1 fully saturated rings. The lowest BCUT2D eigenvalue weighted by atomic mass is 10.1. The lowest BCUT2D eigenvalue weighted by Gasteiger charge is -2.37. The van der Waals surface area contributed by atoms with Crippen molar-refractivity contribution in [1.29, 1.82) is 0 Å². The van der Waals surface area contributed by atoms with E-state index >= 15 is 0 Å². The number of esters is 1. The molecule has 0 unspecified atom stereocenters. The predicted octanol–water partition coefficient (Wildman–Crippen LogP) is 3.04.